The molecule has 0 aliphatic carbocycles. The second kappa shape index (κ2) is 6.26. The lowest BCUT2D eigenvalue weighted by atomic mass is 10.1. The van der Waals surface area contributed by atoms with Gasteiger partial charge in [0.2, 0.25) is 11.7 Å². The van der Waals surface area contributed by atoms with E-state index < -0.39 is 0 Å². The third-order valence-electron chi connectivity index (χ3n) is 3.06. The van der Waals surface area contributed by atoms with Crippen LogP contribution < -0.4 is 10.1 Å². The number of ether oxygens (including phenoxy) is 1. The van der Waals surface area contributed by atoms with Gasteiger partial charge in [0.15, 0.2) is 0 Å². The summed E-state index contributed by atoms with van der Waals surface area (Å²) in [6.45, 7) is 9.21. The summed E-state index contributed by atoms with van der Waals surface area (Å²) in [4.78, 5) is 4.44. The van der Waals surface area contributed by atoms with Crippen molar-refractivity contribution in [2.24, 2.45) is 0 Å². The summed E-state index contributed by atoms with van der Waals surface area (Å²) in [7, 11) is 1.65. The quantitative estimate of drug-likeness (QED) is 0.917. The fourth-order valence-electron chi connectivity index (χ4n) is 1.99. The molecule has 5 heteroatoms. The second-order valence-corrected chi connectivity index (χ2v) is 6.14. The van der Waals surface area contributed by atoms with Crippen LogP contribution in [-0.2, 0) is 6.42 Å². The smallest absolute Gasteiger partial charge is 0.228 e. The molecule has 0 unspecified atom stereocenters. The molecule has 0 aliphatic heterocycles. The van der Waals surface area contributed by atoms with Gasteiger partial charge < -0.3 is 14.6 Å². The minimum Gasteiger partial charge on any atom is -0.496 e. The Morgan fingerprint density at radius 1 is 1.29 bits per heavy atom. The molecule has 1 aromatic heterocycles. The molecule has 0 fully saturated rings. The first kappa shape index (κ1) is 15.5. The van der Waals surface area contributed by atoms with Crippen molar-refractivity contribution in [2.75, 3.05) is 13.7 Å². The number of aromatic nitrogens is 2. The number of methoxy groups -OCH3 is 1. The number of hydrogen-bond donors (Lipinski definition) is 1. The highest BCUT2D eigenvalue weighted by Crippen LogP contribution is 2.28. The molecular weight excluding hydrogens is 266 g/mol. The first-order chi connectivity index (χ1) is 9.89. The summed E-state index contributed by atoms with van der Waals surface area (Å²) < 4.78 is 10.7. The van der Waals surface area contributed by atoms with Crippen LogP contribution in [-0.4, -0.2) is 29.3 Å². The van der Waals surface area contributed by atoms with Crippen molar-refractivity contribution in [3.63, 3.8) is 0 Å². The Hall–Kier alpha value is -1.88. The van der Waals surface area contributed by atoms with E-state index in [4.69, 9.17) is 9.26 Å². The lowest BCUT2D eigenvalue weighted by Crippen LogP contribution is -2.37. The number of benzene rings is 1. The van der Waals surface area contributed by atoms with E-state index in [9.17, 15) is 0 Å². The zero-order chi connectivity index (χ0) is 15.5. The van der Waals surface area contributed by atoms with Crippen molar-refractivity contribution in [1.29, 1.82) is 0 Å². The van der Waals surface area contributed by atoms with Crippen LogP contribution in [0, 0.1) is 6.92 Å². The normalized spacial score (nSPS) is 11.7. The summed E-state index contributed by atoms with van der Waals surface area (Å²) in [5.41, 5.74) is 2.07. The topological polar surface area (TPSA) is 60.2 Å². The van der Waals surface area contributed by atoms with E-state index >= 15 is 0 Å². The van der Waals surface area contributed by atoms with Gasteiger partial charge in [-0.1, -0.05) is 11.2 Å². The fraction of sp³-hybridized carbons (Fsp3) is 0.500. The van der Waals surface area contributed by atoms with Crippen molar-refractivity contribution >= 4 is 0 Å². The van der Waals surface area contributed by atoms with E-state index in [0.717, 1.165) is 23.4 Å². The van der Waals surface area contributed by atoms with Crippen LogP contribution in [0.3, 0.4) is 0 Å². The molecule has 0 spiro atoms. The van der Waals surface area contributed by atoms with Gasteiger partial charge in [-0.15, -0.1) is 0 Å². The Morgan fingerprint density at radius 3 is 2.71 bits per heavy atom. The molecule has 0 amide bonds. The van der Waals surface area contributed by atoms with Crippen LogP contribution in [0.2, 0.25) is 0 Å². The first-order valence-electron chi connectivity index (χ1n) is 7.12. The van der Waals surface area contributed by atoms with Gasteiger partial charge in [-0.3, -0.25) is 0 Å². The Balaban J connectivity index is 2.09. The van der Waals surface area contributed by atoms with Crippen molar-refractivity contribution in [3.8, 4) is 17.1 Å². The Morgan fingerprint density at radius 2 is 2.05 bits per heavy atom. The highest BCUT2D eigenvalue weighted by molar-refractivity contribution is 5.64. The molecule has 21 heavy (non-hydrogen) atoms. The highest BCUT2D eigenvalue weighted by atomic mass is 16.5. The number of nitrogens with zero attached hydrogens (tertiary/aromatic N) is 2. The standard InChI is InChI=1S/C16H23N3O2/c1-11-6-7-12(13(10-11)20-5)15-18-14(21-19-15)8-9-17-16(2,3)4/h6-7,10,17H,8-9H2,1-5H3. The Bertz CT molecular complexity index is 600. The molecule has 2 aromatic rings. The van der Waals surface area contributed by atoms with Crippen LogP contribution in [0.1, 0.15) is 32.2 Å². The van der Waals surface area contributed by atoms with Crippen molar-refractivity contribution in [1.82, 2.24) is 15.5 Å². The van der Waals surface area contributed by atoms with E-state index in [1.54, 1.807) is 7.11 Å². The molecule has 1 aromatic carbocycles. The molecule has 1 N–H and O–H groups in total. The monoisotopic (exact) mass is 289 g/mol. The minimum absolute atomic E-state index is 0.0863. The lowest BCUT2D eigenvalue weighted by molar-refractivity contribution is 0.362. The van der Waals surface area contributed by atoms with Gasteiger partial charge in [-0.2, -0.15) is 4.98 Å². The molecule has 0 atom stereocenters. The van der Waals surface area contributed by atoms with Crippen LogP contribution in [0.25, 0.3) is 11.4 Å². The average Bonchev–Trinajstić information content (AvgIpc) is 2.85. The van der Waals surface area contributed by atoms with Crippen LogP contribution in [0.4, 0.5) is 0 Å². The number of hydrogen-bond acceptors (Lipinski definition) is 5. The largest absolute Gasteiger partial charge is 0.496 e. The summed E-state index contributed by atoms with van der Waals surface area (Å²) >= 11 is 0. The lowest BCUT2D eigenvalue weighted by Gasteiger charge is -2.19. The molecule has 114 valence electrons. The van der Waals surface area contributed by atoms with E-state index in [-0.39, 0.29) is 5.54 Å². The molecule has 0 saturated carbocycles. The van der Waals surface area contributed by atoms with Crippen LogP contribution in [0.15, 0.2) is 22.7 Å². The number of nitrogens with one attached hydrogen (secondary N) is 1. The molecule has 0 saturated heterocycles. The summed E-state index contributed by atoms with van der Waals surface area (Å²) in [6.07, 6.45) is 0.707. The third kappa shape index (κ3) is 4.29. The fourth-order valence-corrected chi connectivity index (χ4v) is 1.99. The predicted octanol–water partition coefficient (Wildman–Crippen LogP) is 2.98. The van der Waals surface area contributed by atoms with Crippen molar-refractivity contribution < 1.29 is 9.26 Å². The van der Waals surface area contributed by atoms with Gasteiger partial charge >= 0.3 is 0 Å². The summed E-state index contributed by atoms with van der Waals surface area (Å²) in [6, 6.07) is 5.93. The molecule has 1 heterocycles. The summed E-state index contributed by atoms with van der Waals surface area (Å²) in [5, 5.41) is 7.44. The number of rotatable bonds is 5. The Labute approximate surface area is 125 Å². The van der Waals surface area contributed by atoms with E-state index in [0.29, 0.717) is 18.1 Å². The maximum Gasteiger partial charge on any atom is 0.228 e. The second-order valence-electron chi connectivity index (χ2n) is 6.14. The maximum absolute atomic E-state index is 5.38. The SMILES string of the molecule is COc1cc(C)ccc1-c1noc(CCNC(C)(C)C)n1. The molecule has 2 rings (SSSR count). The minimum atomic E-state index is 0.0863. The highest BCUT2D eigenvalue weighted by Gasteiger charge is 2.14. The van der Waals surface area contributed by atoms with Crippen LogP contribution in [0.5, 0.6) is 5.75 Å². The van der Waals surface area contributed by atoms with Gasteiger partial charge in [0, 0.05) is 18.5 Å². The average molecular weight is 289 g/mol. The predicted molar refractivity (Wildman–Crippen MR) is 82.5 cm³/mol. The molecule has 0 radical (unpaired) electrons. The molecule has 5 nitrogen and oxygen atoms in total. The molecule has 0 bridgehead atoms. The first-order valence-corrected chi connectivity index (χ1v) is 7.12. The van der Waals surface area contributed by atoms with Crippen LogP contribution >= 0.6 is 0 Å². The van der Waals surface area contributed by atoms with Gasteiger partial charge in [0.1, 0.15) is 5.75 Å². The van der Waals surface area contributed by atoms with E-state index in [1.165, 1.54) is 0 Å². The zero-order valence-electron chi connectivity index (χ0n) is 13.4. The van der Waals surface area contributed by atoms with Crippen molar-refractivity contribution in [2.45, 2.75) is 39.7 Å². The van der Waals surface area contributed by atoms with E-state index in [1.807, 2.05) is 25.1 Å². The Kier molecular flexibility index (Phi) is 4.63. The van der Waals surface area contributed by atoms with E-state index in [2.05, 4.69) is 36.2 Å². The van der Waals surface area contributed by atoms with Gasteiger partial charge in [-0.25, -0.2) is 0 Å². The summed E-state index contributed by atoms with van der Waals surface area (Å²) in [5.74, 6) is 1.96. The number of aryl methyl sites for hydroxylation is 1. The van der Waals surface area contributed by atoms with Gasteiger partial charge in [0.05, 0.1) is 12.7 Å². The van der Waals surface area contributed by atoms with Crippen molar-refractivity contribution in [3.05, 3.63) is 29.7 Å². The van der Waals surface area contributed by atoms with Gasteiger partial charge in [-0.05, 0) is 45.4 Å². The third-order valence-corrected chi connectivity index (χ3v) is 3.06. The zero-order valence-corrected chi connectivity index (χ0v) is 13.4. The van der Waals surface area contributed by atoms with Gasteiger partial charge in [0.25, 0.3) is 0 Å². The molecular formula is C16H23N3O2. The maximum atomic E-state index is 5.38. The molecule has 0 aliphatic rings.